The Labute approximate surface area is 103 Å². The van der Waals surface area contributed by atoms with E-state index in [0.29, 0.717) is 12.0 Å². The van der Waals surface area contributed by atoms with E-state index >= 15 is 0 Å². The van der Waals surface area contributed by atoms with Gasteiger partial charge in [0.05, 0.1) is 6.04 Å². The van der Waals surface area contributed by atoms with Crippen molar-refractivity contribution in [3.8, 4) is 0 Å². The Balaban J connectivity index is 2.82. The van der Waals surface area contributed by atoms with E-state index in [1.54, 1.807) is 0 Å². The molecule has 1 aromatic rings. The van der Waals surface area contributed by atoms with Crippen molar-refractivity contribution >= 4 is 11.3 Å². The number of hydrogen-bond acceptors (Lipinski definition) is 3. The zero-order chi connectivity index (χ0) is 12.3. The van der Waals surface area contributed by atoms with E-state index in [4.69, 9.17) is 5.73 Å². The summed E-state index contributed by atoms with van der Waals surface area (Å²) in [7, 11) is 2.17. The maximum Gasteiger partial charge on any atom is 0.0588 e. The van der Waals surface area contributed by atoms with Crippen molar-refractivity contribution in [2.75, 3.05) is 13.6 Å². The first-order chi connectivity index (χ1) is 7.41. The largest absolute Gasteiger partial charge is 0.326 e. The second-order valence-corrected chi connectivity index (χ2v) is 6.41. The van der Waals surface area contributed by atoms with Gasteiger partial charge in [0.2, 0.25) is 0 Å². The lowest BCUT2D eigenvalue weighted by molar-refractivity contribution is 0.200. The molecule has 0 aliphatic heterocycles. The number of nitrogens with zero attached hydrogens (tertiary/aromatic N) is 1. The Morgan fingerprint density at radius 2 is 1.94 bits per heavy atom. The van der Waals surface area contributed by atoms with Gasteiger partial charge in [-0.1, -0.05) is 13.8 Å². The molecule has 0 fully saturated rings. The third kappa shape index (κ3) is 3.58. The van der Waals surface area contributed by atoms with Crippen LogP contribution in [0.15, 0.2) is 12.1 Å². The molecule has 0 saturated heterocycles. The number of likely N-dealkylation sites (N-methyl/N-ethyl adjacent to an activating group) is 1. The van der Waals surface area contributed by atoms with E-state index in [1.165, 1.54) is 9.75 Å². The SMILES string of the molecule is Cc1ccc(C(C(C)N)N(C)CC(C)C)s1. The average Bonchev–Trinajstić information content (AvgIpc) is 2.49. The Kier molecular flexibility index (Phi) is 4.96. The zero-order valence-corrected chi connectivity index (χ0v) is 11.8. The van der Waals surface area contributed by atoms with E-state index in [-0.39, 0.29) is 6.04 Å². The van der Waals surface area contributed by atoms with Crippen LogP contribution in [-0.2, 0) is 0 Å². The minimum absolute atomic E-state index is 0.168. The van der Waals surface area contributed by atoms with Crippen LogP contribution in [0.3, 0.4) is 0 Å². The normalized spacial score (nSPS) is 15.8. The summed E-state index contributed by atoms with van der Waals surface area (Å²) in [4.78, 5) is 5.12. The molecule has 2 atom stereocenters. The molecule has 0 aliphatic rings. The lowest BCUT2D eigenvalue weighted by atomic mass is 10.1. The monoisotopic (exact) mass is 240 g/mol. The van der Waals surface area contributed by atoms with Crippen molar-refractivity contribution in [1.29, 1.82) is 0 Å². The van der Waals surface area contributed by atoms with Gasteiger partial charge >= 0.3 is 0 Å². The van der Waals surface area contributed by atoms with Crippen LogP contribution in [0.5, 0.6) is 0 Å². The summed E-state index contributed by atoms with van der Waals surface area (Å²) in [5.74, 6) is 0.673. The second kappa shape index (κ2) is 5.80. The molecule has 0 spiro atoms. The van der Waals surface area contributed by atoms with Crippen LogP contribution in [0.1, 0.15) is 36.6 Å². The molecule has 0 saturated carbocycles. The molecule has 92 valence electrons. The summed E-state index contributed by atoms with van der Waals surface area (Å²) in [6.07, 6.45) is 0. The van der Waals surface area contributed by atoms with Gasteiger partial charge in [-0.25, -0.2) is 0 Å². The van der Waals surface area contributed by atoms with Crippen LogP contribution in [0, 0.1) is 12.8 Å². The van der Waals surface area contributed by atoms with Crippen molar-refractivity contribution in [3.05, 3.63) is 21.9 Å². The molecule has 0 bridgehead atoms. The highest BCUT2D eigenvalue weighted by molar-refractivity contribution is 7.12. The maximum atomic E-state index is 6.12. The molecule has 1 heterocycles. The van der Waals surface area contributed by atoms with Crippen LogP contribution in [0.2, 0.25) is 0 Å². The minimum atomic E-state index is 0.168. The van der Waals surface area contributed by atoms with Crippen LogP contribution >= 0.6 is 11.3 Å². The quantitative estimate of drug-likeness (QED) is 0.857. The molecule has 0 amide bonds. The standard InChI is InChI=1S/C13H24N2S/c1-9(2)8-15(5)13(11(4)14)12-7-6-10(3)16-12/h6-7,9,11,13H,8,14H2,1-5H3. The van der Waals surface area contributed by atoms with Gasteiger partial charge in [-0.2, -0.15) is 0 Å². The lowest BCUT2D eigenvalue weighted by Gasteiger charge is -2.31. The van der Waals surface area contributed by atoms with Gasteiger partial charge < -0.3 is 5.73 Å². The van der Waals surface area contributed by atoms with E-state index in [9.17, 15) is 0 Å². The number of hydrogen-bond donors (Lipinski definition) is 1. The summed E-state index contributed by atoms with van der Waals surface area (Å²) >= 11 is 1.86. The van der Waals surface area contributed by atoms with Gasteiger partial charge in [0.1, 0.15) is 0 Å². The number of thiophene rings is 1. The Bertz CT molecular complexity index is 317. The van der Waals surface area contributed by atoms with Gasteiger partial charge in [0.25, 0.3) is 0 Å². The smallest absolute Gasteiger partial charge is 0.0588 e. The fourth-order valence-electron chi connectivity index (χ4n) is 2.18. The van der Waals surface area contributed by atoms with Crippen molar-refractivity contribution in [2.24, 2.45) is 11.7 Å². The Morgan fingerprint density at radius 3 is 2.31 bits per heavy atom. The number of aryl methyl sites for hydroxylation is 1. The molecule has 1 rings (SSSR count). The Hall–Kier alpha value is -0.380. The van der Waals surface area contributed by atoms with Gasteiger partial charge in [-0.05, 0) is 38.9 Å². The van der Waals surface area contributed by atoms with Crippen molar-refractivity contribution in [1.82, 2.24) is 4.90 Å². The molecule has 1 aromatic heterocycles. The van der Waals surface area contributed by atoms with Gasteiger partial charge in [0.15, 0.2) is 0 Å². The fourth-order valence-corrected chi connectivity index (χ4v) is 3.34. The van der Waals surface area contributed by atoms with Crippen LogP contribution in [0.25, 0.3) is 0 Å². The van der Waals surface area contributed by atoms with Crippen LogP contribution < -0.4 is 5.73 Å². The summed E-state index contributed by atoms with van der Waals surface area (Å²) in [6, 6.07) is 4.91. The molecule has 0 radical (unpaired) electrons. The van der Waals surface area contributed by atoms with Crippen LogP contribution in [-0.4, -0.2) is 24.5 Å². The molecule has 2 nitrogen and oxygen atoms in total. The third-order valence-electron chi connectivity index (χ3n) is 2.68. The molecule has 16 heavy (non-hydrogen) atoms. The van der Waals surface area contributed by atoms with E-state index in [2.05, 4.69) is 51.8 Å². The molecule has 0 aliphatic carbocycles. The van der Waals surface area contributed by atoms with Crippen molar-refractivity contribution in [2.45, 2.75) is 39.8 Å². The fraction of sp³-hybridized carbons (Fsp3) is 0.692. The molecule has 2 N–H and O–H groups in total. The highest BCUT2D eigenvalue weighted by Gasteiger charge is 2.22. The molecule has 0 aromatic carbocycles. The number of nitrogens with two attached hydrogens (primary N) is 1. The topological polar surface area (TPSA) is 29.3 Å². The molecule has 3 heteroatoms. The lowest BCUT2D eigenvalue weighted by Crippen LogP contribution is -2.38. The van der Waals surface area contributed by atoms with Crippen LogP contribution in [0.4, 0.5) is 0 Å². The second-order valence-electron chi connectivity index (χ2n) is 5.09. The molecular formula is C13H24N2S. The number of rotatable bonds is 5. The summed E-state index contributed by atoms with van der Waals surface area (Å²) in [6.45, 7) is 9.82. The first-order valence-corrected chi connectivity index (χ1v) is 6.75. The average molecular weight is 240 g/mol. The highest BCUT2D eigenvalue weighted by atomic mass is 32.1. The van der Waals surface area contributed by atoms with E-state index in [1.807, 2.05) is 11.3 Å². The predicted octanol–water partition coefficient (Wildman–Crippen LogP) is 3.03. The third-order valence-corrected chi connectivity index (χ3v) is 3.75. The predicted molar refractivity (Wildman–Crippen MR) is 72.9 cm³/mol. The van der Waals surface area contributed by atoms with E-state index in [0.717, 1.165) is 6.54 Å². The van der Waals surface area contributed by atoms with Gasteiger partial charge in [-0.3, -0.25) is 4.90 Å². The summed E-state index contributed by atoms with van der Waals surface area (Å²) in [5, 5.41) is 0. The summed E-state index contributed by atoms with van der Waals surface area (Å²) < 4.78 is 0. The molecule has 2 unspecified atom stereocenters. The summed E-state index contributed by atoms with van der Waals surface area (Å²) in [5.41, 5.74) is 6.12. The minimum Gasteiger partial charge on any atom is -0.326 e. The van der Waals surface area contributed by atoms with Crippen molar-refractivity contribution in [3.63, 3.8) is 0 Å². The highest BCUT2D eigenvalue weighted by Crippen LogP contribution is 2.29. The van der Waals surface area contributed by atoms with Gasteiger partial charge in [0, 0.05) is 22.3 Å². The van der Waals surface area contributed by atoms with Gasteiger partial charge in [-0.15, -0.1) is 11.3 Å². The Morgan fingerprint density at radius 1 is 1.31 bits per heavy atom. The first kappa shape index (κ1) is 13.7. The molecular weight excluding hydrogens is 216 g/mol. The van der Waals surface area contributed by atoms with E-state index < -0.39 is 0 Å². The van der Waals surface area contributed by atoms with Crippen molar-refractivity contribution < 1.29 is 0 Å². The maximum absolute atomic E-state index is 6.12. The first-order valence-electron chi connectivity index (χ1n) is 5.94. The zero-order valence-electron chi connectivity index (χ0n) is 11.0.